The Morgan fingerprint density at radius 1 is 1.35 bits per heavy atom. The van der Waals surface area contributed by atoms with E-state index in [1.807, 2.05) is 19.2 Å². The van der Waals surface area contributed by atoms with Gasteiger partial charge in [-0.05, 0) is 25.1 Å². The van der Waals surface area contributed by atoms with Crippen LogP contribution in [0.2, 0.25) is 0 Å². The van der Waals surface area contributed by atoms with Crippen LogP contribution in [-0.4, -0.2) is 32.8 Å². The molecule has 0 aliphatic heterocycles. The molecule has 2 heterocycles. The molecule has 6 heteroatoms. The molecule has 0 bridgehead atoms. The van der Waals surface area contributed by atoms with Crippen LogP contribution in [0.15, 0.2) is 24.5 Å². The molecule has 0 fully saturated rings. The molecule has 0 aliphatic rings. The summed E-state index contributed by atoms with van der Waals surface area (Å²) in [7, 11) is 1.89. The van der Waals surface area contributed by atoms with Crippen LogP contribution in [0.1, 0.15) is 6.42 Å². The number of hydrogen-bond donors (Lipinski definition) is 2. The third-order valence-corrected chi connectivity index (χ3v) is 2.40. The molecule has 0 aliphatic carbocycles. The maximum Gasteiger partial charge on any atom is 0.223 e. The van der Waals surface area contributed by atoms with Crippen molar-refractivity contribution in [1.82, 2.24) is 19.7 Å². The Labute approximate surface area is 99.9 Å². The Kier molecular flexibility index (Phi) is 3.66. The number of nitrogens with two attached hydrogens (primary N) is 1. The van der Waals surface area contributed by atoms with Crippen molar-refractivity contribution in [2.24, 2.45) is 12.8 Å². The van der Waals surface area contributed by atoms with Gasteiger partial charge < -0.3 is 11.1 Å². The highest BCUT2D eigenvalue weighted by atomic mass is 15.3. The lowest BCUT2D eigenvalue weighted by Crippen LogP contribution is -2.10. The molecule has 17 heavy (non-hydrogen) atoms. The molecule has 0 unspecified atom stereocenters. The van der Waals surface area contributed by atoms with Crippen LogP contribution < -0.4 is 11.1 Å². The molecule has 3 N–H and O–H groups in total. The van der Waals surface area contributed by atoms with Gasteiger partial charge in [0.2, 0.25) is 5.95 Å². The highest BCUT2D eigenvalue weighted by Crippen LogP contribution is 2.15. The second-order valence-electron chi connectivity index (χ2n) is 3.67. The van der Waals surface area contributed by atoms with E-state index in [-0.39, 0.29) is 0 Å². The molecule has 0 radical (unpaired) electrons. The molecule has 0 saturated heterocycles. The van der Waals surface area contributed by atoms with Gasteiger partial charge in [-0.2, -0.15) is 5.10 Å². The molecule has 6 nitrogen and oxygen atoms in total. The van der Waals surface area contributed by atoms with Gasteiger partial charge in [0.05, 0.1) is 11.4 Å². The van der Waals surface area contributed by atoms with Gasteiger partial charge in [0, 0.05) is 26.0 Å². The van der Waals surface area contributed by atoms with Gasteiger partial charge in [0.1, 0.15) is 0 Å². The van der Waals surface area contributed by atoms with Gasteiger partial charge >= 0.3 is 0 Å². The quantitative estimate of drug-likeness (QED) is 0.739. The molecule has 0 aromatic carbocycles. The van der Waals surface area contributed by atoms with Crippen molar-refractivity contribution >= 4 is 5.95 Å². The van der Waals surface area contributed by atoms with E-state index in [9.17, 15) is 0 Å². The third kappa shape index (κ3) is 2.79. The first-order chi connectivity index (χ1) is 8.31. The zero-order chi connectivity index (χ0) is 12.1. The zero-order valence-corrected chi connectivity index (χ0v) is 9.80. The standard InChI is InChI=1S/C11H16N6/c1-17-10(4-8-15-17)9-3-7-14-11(16-9)13-6-2-5-12/h3-4,7-8H,2,5-6,12H2,1H3,(H,13,14,16). The highest BCUT2D eigenvalue weighted by molar-refractivity contribution is 5.55. The Balaban J connectivity index is 2.14. The highest BCUT2D eigenvalue weighted by Gasteiger charge is 2.05. The van der Waals surface area contributed by atoms with Crippen molar-refractivity contribution in [3.63, 3.8) is 0 Å². The summed E-state index contributed by atoms with van der Waals surface area (Å²) in [6, 6.07) is 3.79. The zero-order valence-electron chi connectivity index (χ0n) is 9.80. The summed E-state index contributed by atoms with van der Waals surface area (Å²) < 4.78 is 1.78. The van der Waals surface area contributed by atoms with E-state index in [4.69, 9.17) is 5.73 Å². The Morgan fingerprint density at radius 2 is 2.24 bits per heavy atom. The SMILES string of the molecule is Cn1nccc1-c1ccnc(NCCCN)n1. The van der Waals surface area contributed by atoms with E-state index >= 15 is 0 Å². The first-order valence-corrected chi connectivity index (χ1v) is 5.56. The lowest BCUT2D eigenvalue weighted by molar-refractivity contribution is 0.772. The van der Waals surface area contributed by atoms with Crippen LogP contribution in [0.3, 0.4) is 0 Å². The first kappa shape index (κ1) is 11.5. The number of anilines is 1. The summed E-state index contributed by atoms with van der Waals surface area (Å²) in [5, 5.41) is 7.25. The largest absolute Gasteiger partial charge is 0.354 e. The minimum Gasteiger partial charge on any atom is -0.354 e. The number of hydrogen-bond acceptors (Lipinski definition) is 5. The Bertz CT molecular complexity index is 478. The predicted molar refractivity (Wildman–Crippen MR) is 66.4 cm³/mol. The summed E-state index contributed by atoms with van der Waals surface area (Å²) in [4.78, 5) is 8.58. The molecule has 2 aromatic heterocycles. The van der Waals surface area contributed by atoms with Crippen molar-refractivity contribution < 1.29 is 0 Å². The summed E-state index contributed by atoms with van der Waals surface area (Å²) in [5.41, 5.74) is 7.25. The smallest absolute Gasteiger partial charge is 0.223 e. The number of nitrogens with zero attached hydrogens (tertiary/aromatic N) is 4. The normalized spacial score (nSPS) is 10.5. The second kappa shape index (κ2) is 5.40. The molecule has 2 aromatic rings. The first-order valence-electron chi connectivity index (χ1n) is 5.56. The average molecular weight is 232 g/mol. The van der Waals surface area contributed by atoms with Crippen LogP contribution >= 0.6 is 0 Å². The lowest BCUT2D eigenvalue weighted by Gasteiger charge is -2.05. The topological polar surface area (TPSA) is 81.7 Å². The minimum absolute atomic E-state index is 0.622. The monoisotopic (exact) mass is 232 g/mol. The molecule has 0 atom stereocenters. The molecule has 0 saturated carbocycles. The van der Waals surface area contributed by atoms with E-state index in [2.05, 4.69) is 20.4 Å². The van der Waals surface area contributed by atoms with Gasteiger partial charge in [-0.15, -0.1) is 0 Å². The molecule has 0 spiro atoms. The Morgan fingerprint density at radius 3 is 2.94 bits per heavy atom. The third-order valence-electron chi connectivity index (χ3n) is 2.40. The van der Waals surface area contributed by atoms with E-state index in [0.717, 1.165) is 24.4 Å². The van der Waals surface area contributed by atoms with Crippen LogP contribution in [0.4, 0.5) is 5.95 Å². The van der Waals surface area contributed by atoms with Crippen molar-refractivity contribution in [2.75, 3.05) is 18.4 Å². The van der Waals surface area contributed by atoms with Crippen molar-refractivity contribution in [1.29, 1.82) is 0 Å². The molecular weight excluding hydrogens is 216 g/mol. The van der Waals surface area contributed by atoms with Gasteiger partial charge in [0.25, 0.3) is 0 Å². The maximum atomic E-state index is 5.43. The Hall–Kier alpha value is -1.95. The summed E-state index contributed by atoms with van der Waals surface area (Å²) >= 11 is 0. The minimum atomic E-state index is 0.622. The van der Waals surface area contributed by atoms with Gasteiger partial charge in [-0.3, -0.25) is 4.68 Å². The van der Waals surface area contributed by atoms with Gasteiger partial charge in [-0.1, -0.05) is 0 Å². The van der Waals surface area contributed by atoms with Crippen LogP contribution in [0.5, 0.6) is 0 Å². The van der Waals surface area contributed by atoms with Gasteiger partial charge in [0.15, 0.2) is 0 Å². The van der Waals surface area contributed by atoms with Crippen LogP contribution in [0, 0.1) is 0 Å². The van der Waals surface area contributed by atoms with Crippen molar-refractivity contribution in [3.05, 3.63) is 24.5 Å². The van der Waals surface area contributed by atoms with Crippen LogP contribution in [-0.2, 0) is 7.05 Å². The van der Waals surface area contributed by atoms with E-state index in [1.54, 1.807) is 17.1 Å². The van der Waals surface area contributed by atoms with Crippen molar-refractivity contribution in [2.45, 2.75) is 6.42 Å². The maximum absolute atomic E-state index is 5.43. The number of aromatic nitrogens is 4. The summed E-state index contributed by atoms with van der Waals surface area (Å²) in [6.45, 7) is 1.44. The summed E-state index contributed by atoms with van der Waals surface area (Å²) in [6.07, 6.45) is 4.39. The average Bonchev–Trinajstić information content (AvgIpc) is 2.76. The number of nitrogens with one attached hydrogen (secondary N) is 1. The number of rotatable bonds is 5. The van der Waals surface area contributed by atoms with Crippen LogP contribution in [0.25, 0.3) is 11.4 Å². The molecule has 90 valence electrons. The number of aryl methyl sites for hydroxylation is 1. The fourth-order valence-electron chi connectivity index (χ4n) is 1.51. The fourth-order valence-corrected chi connectivity index (χ4v) is 1.51. The van der Waals surface area contributed by atoms with Crippen molar-refractivity contribution in [3.8, 4) is 11.4 Å². The molecule has 2 rings (SSSR count). The fraction of sp³-hybridized carbons (Fsp3) is 0.364. The van der Waals surface area contributed by atoms with E-state index in [0.29, 0.717) is 12.5 Å². The van der Waals surface area contributed by atoms with E-state index in [1.165, 1.54) is 0 Å². The predicted octanol–water partition coefficient (Wildman–Crippen LogP) is 0.638. The summed E-state index contributed by atoms with van der Waals surface area (Å²) in [5.74, 6) is 0.622. The lowest BCUT2D eigenvalue weighted by atomic mass is 10.3. The van der Waals surface area contributed by atoms with Gasteiger partial charge in [-0.25, -0.2) is 9.97 Å². The molecular formula is C11H16N6. The second-order valence-corrected chi connectivity index (χ2v) is 3.67. The van der Waals surface area contributed by atoms with E-state index < -0.39 is 0 Å². The molecule has 0 amide bonds.